The highest BCUT2D eigenvalue weighted by Crippen LogP contribution is 2.31. The summed E-state index contributed by atoms with van der Waals surface area (Å²) in [4.78, 5) is 2.11. The number of hydrogen-bond donors (Lipinski definition) is 0. The van der Waals surface area contributed by atoms with Crippen molar-refractivity contribution in [2.45, 2.75) is 6.54 Å². The van der Waals surface area contributed by atoms with Gasteiger partial charge in [-0.25, -0.2) is 0 Å². The second kappa shape index (κ2) is 5.28. The van der Waals surface area contributed by atoms with Crippen LogP contribution in [-0.4, -0.2) is 38.0 Å². The van der Waals surface area contributed by atoms with Crippen LogP contribution in [0.3, 0.4) is 0 Å². The molecule has 0 saturated heterocycles. The molecule has 2 aromatic carbocycles. The van der Waals surface area contributed by atoms with Crippen LogP contribution in [0.2, 0.25) is 0 Å². The Kier molecular flexibility index (Phi) is 3.14. The van der Waals surface area contributed by atoms with Gasteiger partial charge in [0.25, 0.3) is 0 Å². The highest BCUT2D eigenvalue weighted by molar-refractivity contribution is 9.10. The zero-order valence-electron chi connectivity index (χ0n) is 13.9. The zero-order chi connectivity index (χ0) is 17.1. The van der Waals surface area contributed by atoms with E-state index in [-0.39, 0.29) is 0 Å². The lowest BCUT2D eigenvalue weighted by molar-refractivity contribution is 0.389. The second-order valence-electron chi connectivity index (χ2n) is 6.58. The molecule has 0 atom stereocenters. The van der Waals surface area contributed by atoms with Crippen molar-refractivity contribution in [3.8, 4) is 0 Å². The Balaban J connectivity index is 2.14. The first-order valence-electron chi connectivity index (χ1n) is 8.13. The first-order chi connectivity index (χ1) is 12.1. The van der Waals surface area contributed by atoms with E-state index in [9.17, 15) is 0 Å². The molecule has 0 aliphatic rings. The molecule has 0 N–H and O–H groups in total. The minimum absolute atomic E-state index is 0.730. The molecule has 124 valence electrons. The molecule has 0 unspecified atom stereocenters. The van der Waals surface area contributed by atoms with Crippen LogP contribution in [0, 0.1) is 0 Å². The molecule has 0 saturated carbocycles. The lowest BCUT2D eigenvalue weighted by Gasteiger charge is -2.08. The number of rotatable bonds is 2. The standard InChI is InChI=1S/C19H16BrN5/c1-23(2)11-17-21-22-19-14-10-13(20)9-12-7-8-24(18(12)14)15-5-3-4-6-16(15)25(17)19/h3-10H,11H2,1-2H3. The Hall–Kier alpha value is -2.44. The number of aromatic nitrogens is 4. The van der Waals surface area contributed by atoms with Crippen LogP contribution in [-0.2, 0) is 6.54 Å². The van der Waals surface area contributed by atoms with Crippen molar-refractivity contribution in [1.82, 2.24) is 23.9 Å². The maximum absolute atomic E-state index is 4.57. The van der Waals surface area contributed by atoms with Gasteiger partial charge in [0.1, 0.15) is 0 Å². The van der Waals surface area contributed by atoms with E-state index in [0.717, 1.165) is 38.9 Å². The molecule has 0 bridgehead atoms. The zero-order valence-corrected chi connectivity index (χ0v) is 15.5. The summed E-state index contributed by atoms with van der Waals surface area (Å²) in [6.45, 7) is 0.730. The largest absolute Gasteiger partial charge is 0.314 e. The number of fused-ring (bicyclic) bond motifs is 5. The van der Waals surface area contributed by atoms with E-state index in [1.807, 2.05) is 14.1 Å². The summed E-state index contributed by atoms with van der Waals surface area (Å²) >= 11 is 3.64. The van der Waals surface area contributed by atoms with Crippen LogP contribution in [0.25, 0.3) is 33.0 Å². The molecular weight excluding hydrogens is 378 g/mol. The van der Waals surface area contributed by atoms with Crippen LogP contribution >= 0.6 is 15.9 Å². The van der Waals surface area contributed by atoms with E-state index < -0.39 is 0 Å². The molecule has 25 heavy (non-hydrogen) atoms. The quantitative estimate of drug-likeness (QED) is 0.452. The van der Waals surface area contributed by atoms with Gasteiger partial charge < -0.3 is 9.30 Å². The summed E-state index contributed by atoms with van der Waals surface area (Å²) in [6, 6.07) is 14.8. The minimum Gasteiger partial charge on any atom is -0.314 e. The van der Waals surface area contributed by atoms with Crippen molar-refractivity contribution in [3.05, 3.63) is 59.0 Å². The molecule has 3 aromatic heterocycles. The van der Waals surface area contributed by atoms with E-state index in [2.05, 4.69) is 88.5 Å². The third kappa shape index (κ3) is 2.11. The Morgan fingerprint density at radius 2 is 1.84 bits per heavy atom. The lowest BCUT2D eigenvalue weighted by atomic mass is 10.2. The van der Waals surface area contributed by atoms with Gasteiger partial charge in [0, 0.05) is 21.4 Å². The Labute approximate surface area is 152 Å². The number of nitrogens with zero attached hydrogens (tertiary/aromatic N) is 5. The Morgan fingerprint density at radius 1 is 1.04 bits per heavy atom. The van der Waals surface area contributed by atoms with Gasteiger partial charge in [0.15, 0.2) is 11.5 Å². The first-order valence-corrected chi connectivity index (χ1v) is 8.92. The maximum Gasteiger partial charge on any atom is 0.170 e. The SMILES string of the molecule is CN(C)Cc1nnc2c3cc(Br)cc4ccn(c5ccccc5n12)c43. The first kappa shape index (κ1) is 14.9. The van der Waals surface area contributed by atoms with Gasteiger partial charge in [-0.1, -0.05) is 28.1 Å². The summed E-state index contributed by atoms with van der Waals surface area (Å²) < 4.78 is 5.48. The topological polar surface area (TPSA) is 37.8 Å². The van der Waals surface area contributed by atoms with Gasteiger partial charge in [-0.2, -0.15) is 0 Å². The van der Waals surface area contributed by atoms with Gasteiger partial charge in [-0.05, 0) is 44.4 Å². The van der Waals surface area contributed by atoms with Crippen molar-refractivity contribution in [2.24, 2.45) is 0 Å². The van der Waals surface area contributed by atoms with E-state index in [4.69, 9.17) is 0 Å². The molecule has 0 aliphatic carbocycles. The van der Waals surface area contributed by atoms with E-state index in [1.165, 1.54) is 10.9 Å². The van der Waals surface area contributed by atoms with Crippen molar-refractivity contribution >= 4 is 48.9 Å². The molecule has 0 radical (unpaired) electrons. The Bertz CT molecular complexity index is 1270. The second-order valence-corrected chi connectivity index (χ2v) is 7.49. The van der Waals surface area contributed by atoms with Crippen molar-refractivity contribution in [2.75, 3.05) is 14.1 Å². The molecule has 5 aromatic rings. The normalized spacial score (nSPS) is 12.3. The monoisotopic (exact) mass is 393 g/mol. The van der Waals surface area contributed by atoms with Gasteiger partial charge in [0.2, 0.25) is 0 Å². The molecule has 6 heteroatoms. The van der Waals surface area contributed by atoms with Crippen LogP contribution in [0.15, 0.2) is 53.1 Å². The lowest BCUT2D eigenvalue weighted by Crippen LogP contribution is -2.13. The van der Waals surface area contributed by atoms with Gasteiger partial charge >= 0.3 is 0 Å². The van der Waals surface area contributed by atoms with Crippen molar-refractivity contribution in [1.29, 1.82) is 0 Å². The average Bonchev–Trinajstić information content (AvgIpc) is 3.15. The van der Waals surface area contributed by atoms with Crippen LogP contribution < -0.4 is 0 Å². The summed E-state index contributed by atoms with van der Waals surface area (Å²) in [5, 5.41) is 11.3. The molecule has 3 heterocycles. The maximum atomic E-state index is 4.57. The van der Waals surface area contributed by atoms with Crippen LogP contribution in [0.1, 0.15) is 5.82 Å². The van der Waals surface area contributed by atoms with Crippen molar-refractivity contribution in [3.63, 3.8) is 0 Å². The summed E-state index contributed by atoms with van der Waals surface area (Å²) in [5.41, 5.74) is 4.29. The predicted molar refractivity (Wildman–Crippen MR) is 104 cm³/mol. The number of para-hydroxylation sites is 2. The molecule has 0 spiro atoms. The molecular formula is C19H16BrN5. The molecule has 0 fully saturated rings. The van der Waals surface area contributed by atoms with E-state index in [0.29, 0.717) is 0 Å². The fraction of sp³-hybridized carbons (Fsp3) is 0.158. The van der Waals surface area contributed by atoms with Gasteiger partial charge in [0.05, 0.1) is 23.1 Å². The molecule has 0 aliphatic heterocycles. The van der Waals surface area contributed by atoms with Crippen LogP contribution in [0.4, 0.5) is 0 Å². The summed E-state index contributed by atoms with van der Waals surface area (Å²) in [6.07, 6.45) is 2.13. The highest BCUT2D eigenvalue weighted by atomic mass is 79.9. The fourth-order valence-electron chi connectivity index (χ4n) is 3.60. The number of hydrogen-bond acceptors (Lipinski definition) is 3. The highest BCUT2D eigenvalue weighted by Gasteiger charge is 2.16. The van der Waals surface area contributed by atoms with E-state index in [1.54, 1.807) is 0 Å². The summed E-state index contributed by atoms with van der Waals surface area (Å²) in [5.74, 6) is 0.936. The minimum atomic E-state index is 0.730. The van der Waals surface area contributed by atoms with Crippen LogP contribution in [0.5, 0.6) is 0 Å². The number of benzene rings is 2. The third-order valence-corrected chi connectivity index (χ3v) is 5.02. The average molecular weight is 394 g/mol. The molecule has 5 nitrogen and oxygen atoms in total. The van der Waals surface area contributed by atoms with E-state index >= 15 is 0 Å². The van der Waals surface area contributed by atoms with Gasteiger partial charge in [-0.15, -0.1) is 10.2 Å². The fourth-order valence-corrected chi connectivity index (χ4v) is 4.08. The Morgan fingerprint density at radius 3 is 2.64 bits per heavy atom. The third-order valence-electron chi connectivity index (χ3n) is 4.56. The number of halogens is 1. The molecule has 0 amide bonds. The molecule has 5 rings (SSSR count). The van der Waals surface area contributed by atoms with Crippen molar-refractivity contribution < 1.29 is 0 Å². The smallest absolute Gasteiger partial charge is 0.170 e. The summed E-state index contributed by atoms with van der Waals surface area (Å²) in [7, 11) is 4.09. The van der Waals surface area contributed by atoms with Gasteiger partial charge in [-0.3, -0.25) is 4.40 Å². The predicted octanol–water partition coefficient (Wildman–Crippen LogP) is 4.11.